The number of rotatable bonds is 4. The summed E-state index contributed by atoms with van der Waals surface area (Å²) in [6, 6.07) is 6.06. The standard InChI is InChI=1S/C14H18N4O/c1-18-9-16-17-14(18)6-7-15-13-5-2-10-8-11(19)3-4-12(10)13/h3-4,8-9,13,15,19H,2,5-7H2,1H3. The van der Waals surface area contributed by atoms with E-state index in [0.717, 1.165) is 31.6 Å². The van der Waals surface area contributed by atoms with E-state index in [0.29, 0.717) is 11.8 Å². The van der Waals surface area contributed by atoms with Gasteiger partial charge in [0.25, 0.3) is 0 Å². The molecule has 0 fully saturated rings. The van der Waals surface area contributed by atoms with Crippen molar-refractivity contribution in [2.45, 2.75) is 25.3 Å². The van der Waals surface area contributed by atoms with Crippen LogP contribution >= 0.6 is 0 Å². The van der Waals surface area contributed by atoms with E-state index in [9.17, 15) is 5.11 Å². The van der Waals surface area contributed by atoms with Crippen LogP contribution in [0, 0.1) is 0 Å². The molecular weight excluding hydrogens is 240 g/mol. The number of nitrogens with zero attached hydrogens (tertiary/aromatic N) is 3. The smallest absolute Gasteiger partial charge is 0.133 e. The van der Waals surface area contributed by atoms with Crippen LogP contribution in [-0.4, -0.2) is 26.4 Å². The average Bonchev–Trinajstić information content (AvgIpc) is 2.97. The number of aryl methyl sites for hydroxylation is 2. The highest BCUT2D eigenvalue weighted by Crippen LogP contribution is 2.33. The van der Waals surface area contributed by atoms with Gasteiger partial charge in [-0.1, -0.05) is 6.07 Å². The molecular formula is C14H18N4O. The molecule has 1 aliphatic carbocycles. The van der Waals surface area contributed by atoms with Gasteiger partial charge in [-0.3, -0.25) is 0 Å². The number of phenols is 1. The molecule has 0 amide bonds. The summed E-state index contributed by atoms with van der Waals surface area (Å²) in [5, 5.41) is 21.0. The minimum absolute atomic E-state index is 0.360. The van der Waals surface area contributed by atoms with Crippen molar-refractivity contribution >= 4 is 0 Å². The van der Waals surface area contributed by atoms with Gasteiger partial charge in [-0.05, 0) is 36.1 Å². The first-order chi connectivity index (χ1) is 9.24. The Kier molecular flexibility index (Phi) is 3.21. The minimum atomic E-state index is 0.360. The van der Waals surface area contributed by atoms with Crippen LogP contribution in [0.4, 0.5) is 0 Å². The van der Waals surface area contributed by atoms with Gasteiger partial charge in [0.1, 0.15) is 17.9 Å². The van der Waals surface area contributed by atoms with E-state index in [1.54, 1.807) is 12.4 Å². The van der Waals surface area contributed by atoms with Gasteiger partial charge in [0.2, 0.25) is 0 Å². The molecule has 2 aromatic rings. The van der Waals surface area contributed by atoms with E-state index < -0.39 is 0 Å². The number of phenolic OH excluding ortho intramolecular Hbond substituents is 1. The average molecular weight is 258 g/mol. The van der Waals surface area contributed by atoms with E-state index in [2.05, 4.69) is 15.5 Å². The van der Waals surface area contributed by atoms with Crippen LogP contribution in [0.15, 0.2) is 24.5 Å². The van der Waals surface area contributed by atoms with Gasteiger partial charge >= 0.3 is 0 Å². The summed E-state index contributed by atoms with van der Waals surface area (Å²) in [4.78, 5) is 0. The van der Waals surface area contributed by atoms with E-state index in [1.807, 2.05) is 23.7 Å². The second-order valence-corrected chi connectivity index (χ2v) is 5.04. The first kappa shape index (κ1) is 12.2. The Morgan fingerprint density at radius 1 is 1.47 bits per heavy atom. The Morgan fingerprint density at radius 3 is 3.16 bits per heavy atom. The Hall–Kier alpha value is -1.88. The predicted molar refractivity (Wildman–Crippen MR) is 71.9 cm³/mol. The van der Waals surface area contributed by atoms with E-state index in [1.165, 1.54) is 11.1 Å². The number of nitrogens with one attached hydrogen (secondary N) is 1. The second kappa shape index (κ2) is 5.01. The molecule has 3 rings (SSSR count). The summed E-state index contributed by atoms with van der Waals surface area (Å²) in [6.45, 7) is 0.886. The molecule has 19 heavy (non-hydrogen) atoms. The maximum atomic E-state index is 9.48. The van der Waals surface area contributed by atoms with Crippen molar-refractivity contribution in [3.8, 4) is 5.75 Å². The Morgan fingerprint density at radius 2 is 2.37 bits per heavy atom. The van der Waals surface area contributed by atoms with Gasteiger partial charge in [-0.15, -0.1) is 10.2 Å². The van der Waals surface area contributed by atoms with E-state index >= 15 is 0 Å². The number of aromatic nitrogens is 3. The number of hydrogen-bond donors (Lipinski definition) is 2. The van der Waals surface area contributed by atoms with Crippen molar-refractivity contribution in [3.05, 3.63) is 41.5 Å². The molecule has 0 spiro atoms. The lowest BCUT2D eigenvalue weighted by molar-refractivity contribution is 0.474. The van der Waals surface area contributed by atoms with Crippen molar-refractivity contribution in [2.24, 2.45) is 7.05 Å². The fourth-order valence-corrected chi connectivity index (χ4v) is 2.71. The van der Waals surface area contributed by atoms with Crippen LogP contribution in [0.25, 0.3) is 0 Å². The first-order valence-electron chi connectivity index (χ1n) is 6.62. The monoisotopic (exact) mass is 258 g/mol. The zero-order valence-electron chi connectivity index (χ0n) is 11.0. The highest BCUT2D eigenvalue weighted by atomic mass is 16.3. The van der Waals surface area contributed by atoms with Gasteiger partial charge in [-0.25, -0.2) is 0 Å². The summed E-state index contributed by atoms with van der Waals surface area (Å²) >= 11 is 0. The predicted octanol–water partition coefficient (Wildman–Crippen LogP) is 1.34. The van der Waals surface area contributed by atoms with E-state index in [-0.39, 0.29) is 0 Å². The molecule has 1 unspecified atom stereocenters. The third kappa shape index (κ3) is 2.46. The van der Waals surface area contributed by atoms with Crippen LogP contribution in [0.2, 0.25) is 0 Å². The fraction of sp³-hybridized carbons (Fsp3) is 0.429. The second-order valence-electron chi connectivity index (χ2n) is 5.04. The molecule has 1 atom stereocenters. The number of fused-ring (bicyclic) bond motifs is 1. The molecule has 5 heteroatoms. The number of aromatic hydroxyl groups is 1. The maximum Gasteiger partial charge on any atom is 0.133 e. The lowest BCUT2D eigenvalue weighted by Crippen LogP contribution is -2.22. The molecule has 0 saturated heterocycles. The van der Waals surface area contributed by atoms with Crippen LogP contribution < -0.4 is 5.32 Å². The molecule has 1 heterocycles. The molecule has 5 nitrogen and oxygen atoms in total. The molecule has 1 aromatic carbocycles. The molecule has 0 saturated carbocycles. The molecule has 2 N–H and O–H groups in total. The molecule has 0 aliphatic heterocycles. The highest BCUT2D eigenvalue weighted by Gasteiger charge is 2.21. The molecule has 0 radical (unpaired) electrons. The summed E-state index contributed by atoms with van der Waals surface area (Å²) in [5.74, 6) is 1.36. The van der Waals surface area contributed by atoms with Crippen molar-refractivity contribution in [1.82, 2.24) is 20.1 Å². The third-order valence-electron chi connectivity index (χ3n) is 3.75. The SMILES string of the molecule is Cn1cnnc1CCNC1CCc2cc(O)ccc21. The normalized spacial score (nSPS) is 17.6. The van der Waals surface area contributed by atoms with Crippen molar-refractivity contribution < 1.29 is 5.11 Å². The minimum Gasteiger partial charge on any atom is -0.508 e. The number of hydrogen-bond acceptors (Lipinski definition) is 4. The summed E-state index contributed by atoms with van der Waals surface area (Å²) in [7, 11) is 1.96. The Bertz CT molecular complexity index is 579. The van der Waals surface area contributed by atoms with Crippen molar-refractivity contribution in [2.75, 3.05) is 6.54 Å². The first-order valence-corrected chi connectivity index (χ1v) is 6.62. The topological polar surface area (TPSA) is 63.0 Å². The zero-order valence-corrected chi connectivity index (χ0v) is 11.0. The van der Waals surface area contributed by atoms with Gasteiger partial charge in [0, 0.05) is 26.1 Å². The van der Waals surface area contributed by atoms with Crippen LogP contribution in [0.3, 0.4) is 0 Å². The lowest BCUT2D eigenvalue weighted by Gasteiger charge is -2.13. The molecule has 0 bridgehead atoms. The fourth-order valence-electron chi connectivity index (χ4n) is 2.71. The highest BCUT2D eigenvalue weighted by molar-refractivity contribution is 5.39. The van der Waals surface area contributed by atoms with Crippen LogP contribution in [0.1, 0.15) is 29.4 Å². The summed E-state index contributed by atoms with van der Waals surface area (Å²) < 4.78 is 1.95. The van der Waals surface area contributed by atoms with Gasteiger partial charge in [0.15, 0.2) is 0 Å². The van der Waals surface area contributed by atoms with E-state index in [4.69, 9.17) is 0 Å². The van der Waals surface area contributed by atoms with Crippen molar-refractivity contribution in [3.63, 3.8) is 0 Å². The quantitative estimate of drug-likeness (QED) is 0.868. The van der Waals surface area contributed by atoms with Crippen LogP contribution in [0.5, 0.6) is 5.75 Å². The summed E-state index contributed by atoms with van der Waals surface area (Å²) in [6.07, 6.45) is 4.73. The maximum absolute atomic E-state index is 9.48. The number of benzene rings is 1. The summed E-state index contributed by atoms with van der Waals surface area (Å²) in [5.41, 5.74) is 2.58. The third-order valence-corrected chi connectivity index (χ3v) is 3.75. The Balaban J connectivity index is 1.60. The Labute approximate surface area is 112 Å². The van der Waals surface area contributed by atoms with Gasteiger partial charge < -0.3 is 15.0 Å². The lowest BCUT2D eigenvalue weighted by atomic mass is 10.1. The zero-order chi connectivity index (χ0) is 13.2. The molecule has 100 valence electrons. The van der Waals surface area contributed by atoms with Gasteiger partial charge in [-0.2, -0.15) is 0 Å². The molecule has 1 aliphatic rings. The van der Waals surface area contributed by atoms with Gasteiger partial charge in [0.05, 0.1) is 0 Å². The van der Waals surface area contributed by atoms with Crippen molar-refractivity contribution in [1.29, 1.82) is 0 Å². The van der Waals surface area contributed by atoms with Crippen LogP contribution in [-0.2, 0) is 19.9 Å². The molecule has 1 aromatic heterocycles. The largest absolute Gasteiger partial charge is 0.508 e.